The maximum absolute atomic E-state index is 11.6. The number of carbonyl (C=O) groups is 1. The molecule has 0 aliphatic carbocycles. The van der Waals surface area contributed by atoms with Gasteiger partial charge in [0.2, 0.25) is 5.95 Å². The molecular weight excluding hydrogens is 220 g/mol. The molecule has 1 amide bonds. The number of carbonyl (C=O) groups excluding carboxylic acids is 1. The van der Waals surface area contributed by atoms with Crippen LogP contribution in [0, 0.1) is 0 Å². The normalized spacial score (nSPS) is 10.2. The second-order valence-corrected chi connectivity index (χ2v) is 3.31. The molecule has 0 saturated carbocycles. The smallest absolute Gasteiger partial charge is 0.269 e. The van der Waals surface area contributed by atoms with Crippen molar-refractivity contribution in [2.75, 3.05) is 12.3 Å². The van der Waals surface area contributed by atoms with Crippen molar-refractivity contribution >= 4 is 11.9 Å². The minimum absolute atomic E-state index is 0.182. The van der Waals surface area contributed by atoms with Crippen molar-refractivity contribution < 1.29 is 4.79 Å². The predicted octanol–water partition coefficient (Wildman–Crippen LogP) is -0.00580. The summed E-state index contributed by atoms with van der Waals surface area (Å²) in [6, 6.07) is 3.34. The van der Waals surface area contributed by atoms with E-state index in [9.17, 15) is 4.79 Å². The summed E-state index contributed by atoms with van der Waals surface area (Å²) < 4.78 is 1.49. The lowest BCUT2D eigenvalue weighted by Gasteiger charge is -2.03. The zero-order valence-electron chi connectivity index (χ0n) is 9.29. The topological polar surface area (TPSA) is 98.7 Å². The molecule has 0 unspecified atom stereocenters. The fourth-order valence-electron chi connectivity index (χ4n) is 1.34. The molecule has 0 saturated heterocycles. The van der Waals surface area contributed by atoms with Crippen LogP contribution in [0.15, 0.2) is 24.7 Å². The fraction of sp³-hybridized carbons (Fsp3) is 0.200. The largest absolute Gasteiger partial charge is 0.366 e. The Balaban J connectivity index is 2.31. The number of nitrogen functional groups attached to an aromatic ring is 1. The van der Waals surface area contributed by atoms with Crippen molar-refractivity contribution in [1.29, 1.82) is 0 Å². The number of pyridine rings is 1. The molecule has 0 aliphatic heterocycles. The molecule has 0 aromatic carbocycles. The molecule has 88 valence electrons. The molecule has 2 aromatic rings. The fourth-order valence-corrected chi connectivity index (χ4v) is 1.34. The highest BCUT2D eigenvalue weighted by Gasteiger charge is 2.08. The van der Waals surface area contributed by atoms with Gasteiger partial charge in [0.05, 0.1) is 5.69 Å². The summed E-state index contributed by atoms with van der Waals surface area (Å²) in [5, 5.41) is 6.63. The molecule has 0 aliphatic rings. The van der Waals surface area contributed by atoms with Gasteiger partial charge in [-0.3, -0.25) is 9.78 Å². The maximum atomic E-state index is 11.6. The van der Waals surface area contributed by atoms with E-state index in [0.29, 0.717) is 17.9 Å². The molecule has 0 spiro atoms. The summed E-state index contributed by atoms with van der Waals surface area (Å²) in [6.07, 6.45) is 3.02. The number of amides is 1. The van der Waals surface area contributed by atoms with Crippen LogP contribution in [0.4, 0.5) is 5.95 Å². The second kappa shape index (κ2) is 4.60. The second-order valence-electron chi connectivity index (χ2n) is 3.31. The molecule has 3 N–H and O–H groups in total. The van der Waals surface area contributed by atoms with Crippen LogP contribution in [0.3, 0.4) is 0 Å². The lowest BCUT2D eigenvalue weighted by Crippen LogP contribution is -2.23. The van der Waals surface area contributed by atoms with E-state index in [1.807, 2.05) is 6.92 Å². The zero-order valence-corrected chi connectivity index (χ0v) is 9.29. The Bertz CT molecular complexity index is 535. The van der Waals surface area contributed by atoms with E-state index < -0.39 is 0 Å². The van der Waals surface area contributed by atoms with Crippen LogP contribution >= 0.6 is 0 Å². The number of nitrogens with two attached hydrogens (primary N) is 1. The lowest BCUT2D eigenvalue weighted by atomic mass is 10.3. The van der Waals surface area contributed by atoms with Gasteiger partial charge >= 0.3 is 0 Å². The predicted molar refractivity (Wildman–Crippen MR) is 61.6 cm³/mol. The Hall–Kier alpha value is -2.44. The molecule has 7 nitrogen and oxygen atoms in total. The Morgan fingerprint density at radius 2 is 2.35 bits per heavy atom. The highest BCUT2D eigenvalue weighted by atomic mass is 16.1. The van der Waals surface area contributed by atoms with Gasteiger partial charge in [-0.05, 0) is 19.1 Å². The molecule has 2 heterocycles. The van der Waals surface area contributed by atoms with Crippen molar-refractivity contribution in [2.45, 2.75) is 6.92 Å². The SMILES string of the molecule is CCNC(=O)c1cc(-n2cnc(N)n2)ccn1. The summed E-state index contributed by atoms with van der Waals surface area (Å²) in [5.41, 5.74) is 6.44. The van der Waals surface area contributed by atoms with Gasteiger partial charge in [0.1, 0.15) is 12.0 Å². The van der Waals surface area contributed by atoms with E-state index in [0.717, 1.165) is 0 Å². The van der Waals surface area contributed by atoms with Crippen molar-refractivity contribution in [3.05, 3.63) is 30.4 Å². The molecule has 0 radical (unpaired) electrons. The van der Waals surface area contributed by atoms with Gasteiger partial charge in [0, 0.05) is 12.7 Å². The van der Waals surface area contributed by atoms with E-state index in [1.165, 1.54) is 17.2 Å². The van der Waals surface area contributed by atoms with Gasteiger partial charge in [-0.2, -0.15) is 0 Å². The summed E-state index contributed by atoms with van der Waals surface area (Å²) in [6.45, 7) is 2.40. The summed E-state index contributed by atoms with van der Waals surface area (Å²) >= 11 is 0. The van der Waals surface area contributed by atoms with Gasteiger partial charge in [0.25, 0.3) is 5.91 Å². The van der Waals surface area contributed by atoms with Gasteiger partial charge < -0.3 is 11.1 Å². The number of aromatic nitrogens is 4. The molecule has 2 aromatic heterocycles. The van der Waals surface area contributed by atoms with Crippen molar-refractivity contribution in [1.82, 2.24) is 25.1 Å². The molecular formula is C10H12N6O. The zero-order chi connectivity index (χ0) is 12.3. The first kappa shape index (κ1) is 11.1. The van der Waals surface area contributed by atoms with E-state index in [1.54, 1.807) is 12.1 Å². The Kier molecular flexibility index (Phi) is 2.99. The number of nitrogens with one attached hydrogen (secondary N) is 1. The first-order valence-corrected chi connectivity index (χ1v) is 5.12. The molecule has 17 heavy (non-hydrogen) atoms. The molecule has 0 bridgehead atoms. The first-order chi connectivity index (χ1) is 8.20. The molecule has 0 fully saturated rings. The van der Waals surface area contributed by atoms with E-state index in [2.05, 4.69) is 20.4 Å². The van der Waals surface area contributed by atoms with Crippen LogP contribution in [0.25, 0.3) is 5.69 Å². The minimum atomic E-state index is -0.220. The van der Waals surface area contributed by atoms with Gasteiger partial charge in [-0.15, -0.1) is 5.10 Å². The lowest BCUT2D eigenvalue weighted by molar-refractivity contribution is 0.0951. The summed E-state index contributed by atoms with van der Waals surface area (Å²) in [4.78, 5) is 19.4. The molecule has 2 rings (SSSR count). The first-order valence-electron chi connectivity index (χ1n) is 5.12. The van der Waals surface area contributed by atoms with Crippen LogP contribution in [0.2, 0.25) is 0 Å². The average molecular weight is 232 g/mol. The molecule has 7 heteroatoms. The summed E-state index contributed by atoms with van der Waals surface area (Å²) in [7, 11) is 0. The van der Waals surface area contributed by atoms with Crippen molar-refractivity contribution in [3.63, 3.8) is 0 Å². The third kappa shape index (κ3) is 2.39. The van der Waals surface area contributed by atoms with Gasteiger partial charge in [0.15, 0.2) is 0 Å². The van der Waals surface area contributed by atoms with Crippen LogP contribution in [0.1, 0.15) is 17.4 Å². The van der Waals surface area contributed by atoms with E-state index in [4.69, 9.17) is 5.73 Å². The quantitative estimate of drug-likeness (QED) is 0.775. The third-order valence-corrected chi connectivity index (χ3v) is 2.09. The van der Waals surface area contributed by atoms with Crippen molar-refractivity contribution in [3.8, 4) is 5.69 Å². The van der Waals surface area contributed by atoms with Gasteiger partial charge in [-0.1, -0.05) is 0 Å². The highest BCUT2D eigenvalue weighted by Crippen LogP contribution is 2.07. The standard InChI is InChI=1S/C10H12N6O/c1-2-12-9(17)8-5-7(3-4-13-8)16-6-14-10(11)15-16/h3-6H,2H2,1H3,(H2,11,15)(H,12,17). The number of rotatable bonds is 3. The highest BCUT2D eigenvalue weighted by molar-refractivity contribution is 5.92. The third-order valence-electron chi connectivity index (χ3n) is 2.09. The van der Waals surface area contributed by atoms with E-state index >= 15 is 0 Å². The monoisotopic (exact) mass is 232 g/mol. The van der Waals surface area contributed by atoms with Crippen LogP contribution in [-0.2, 0) is 0 Å². The Morgan fingerprint density at radius 1 is 1.53 bits per heavy atom. The summed E-state index contributed by atoms with van der Waals surface area (Å²) in [5.74, 6) is -0.0381. The van der Waals surface area contributed by atoms with Crippen LogP contribution in [0.5, 0.6) is 0 Å². The number of nitrogens with zero attached hydrogens (tertiary/aromatic N) is 4. The number of hydrogen-bond acceptors (Lipinski definition) is 5. The average Bonchev–Trinajstić information content (AvgIpc) is 2.76. The van der Waals surface area contributed by atoms with Crippen LogP contribution in [-0.4, -0.2) is 32.2 Å². The Labute approximate surface area is 97.7 Å². The van der Waals surface area contributed by atoms with E-state index in [-0.39, 0.29) is 11.9 Å². The number of hydrogen-bond donors (Lipinski definition) is 2. The van der Waals surface area contributed by atoms with Gasteiger partial charge in [-0.25, -0.2) is 9.67 Å². The van der Waals surface area contributed by atoms with Crippen molar-refractivity contribution in [2.24, 2.45) is 0 Å². The Morgan fingerprint density at radius 3 is 3.00 bits per heavy atom. The number of anilines is 1. The maximum Gasteiger partial charge on any atom is 0.269 e. The van der Waals surface area contributed by atoms with Crippen LogP contribution < -0.4 is 11.1 Å². The minimum Gasteiger partial charge on any atom is -0.366 e. The molecule has 0 atom stereocenters.